The van der Waals surface area contributed by atoms with E-state index in [1.165, 1.54) is 12.1 Å². The summed E-state index contributed by atoms with van der Waals surface area (Å²) in [4.78, 5) is 11.2. The first-order valence-electron chi connectivity index (χ1n) is 7.62. The van der Waals surface area contributed by atoms with Gasteiger partial charge in [-0.3, -0.25) is 0 Å². The molecule has 3 N–H and O–H groups in total. The molecule has 0 aromatic heterocycles. The van der Waals surface area contributed by atoms with Crippen molar-refractivity contribution >= 4 is 21.7 Å². The van der Waals surface area contributed by atoms with E-state index in [-0.39, 0.29) is 22.5 Å². The molecule has 22 heavy (non-hydrogen) atoms. The summed E-state index contributed by atoms with van der Waals surface area (Å²) in [7, 11) is -3.72. The first-order chi connectivity index (χ1) is 10.5. The van der Waals surface area contributed by atoms with Gasteiger partial charge in [-0.1, -0.05) is 12.8 Å². The predicted molar refractivity (Wildman–Crippen MR) is 82.6 cm³/mol. The zero-order chi connectivity index (χ0) is 15.7. The van der Waals surface area contributed by atoms with Crippen molar-refractivity contribution in [2.45, 2.75) is 55.5 Å². The number of carbonyl (C=O) groups is 1. The highest BCUT2D eigenvalue weighted by Crippen LogP contribution is 2.30. The lowest BCUT2D eigenvalue weighted by Crippen LogP contribution is -2.33. The lowest BCUT2D eigenvalue weighted by molar-refractivity contribution is 0.0696. The number of rotatable bonds is 6. The van der Waals surface area contributed by atoms with Crippen LogP contribution in [0.4, 0.5) is 5.69 Å². The summed E-state index contributed by atoms with van der Waals surface area (Å²) >= 11 is 0. The zero-order valence-corrected chi connectivity index (χ0v) is 13.0. The highest BCUT2D eigenvalue weighted by Gasteiger charge is 2.28. The van der Waals surface area contributed by atoms with Crippen LogP contribution in [0.2, 0.25) is 0 Å². The Labute approximate surface area is 130 Å². The molecule has 2 saturated carbocycles. The summed E-state index contributed by atoms with van der Waals surface area (Å²) in [5.41, 5.74) is 0.464. The van der Waals surface area contributed by atoms with Crippen molar-refractivity contribution in [2.24, 2.45) is 0 Å². The van der Waals surface area contributed by atoms with Gasteiger partial charge in [-0.15, -0.1) is 0 Å². The van der Waals surface area contributed by atoms with Gasteiger partial charge in [-0.05, 0) is 43.9 Å². The summed E-state index contributed by atoms with van der Waals surface area (Å²) in [5, 5.41) is 12.3. The van der Waals surface area contributed by atoms with Crippen molar-refractivity contribution in [3.8, 4) is 0 Å². The van der Waals surface area contributed by atoms with Crippen molar-refractivity contribution in [3.63, 3.8) is 0 Å². The standard InChI is InChI=1S/C15H20N2O4S/c18-15(19)10-5-8-13(16-11-6-7-11)14(9-10)22(20,21)17-12-3-1-2-4-12/h5,8-9,11-12,16-17H,1-4,6-7H2,(H,18,19). The maximum atomic E-state index is 12.6. The predicted octanol–water partition coefficient (Wildman–Crippen LogP) is 2.18. The second-order valence-electron chi connectivity index (χ2n) is 6.04. The van der Waals surface area contributed by atoms with E-state index in [1.54, 1.807) is 6.07 Å². The van der Waals surface area contributed by atoms with Gasteiger partial charge in [0, 0.05) is 12.1 Å². The number of carboxylic acid groups (broad SMARTS) is 1. The summed E-state index contributed by atoms with van der Waals surface area (Å²) in [6.45, 7) is 0. The molecule has 0 radical (unpaired) electrons. The van der Waals surface area contributed by atoms with E-state index in [0.717, 1.165) is 38.5 Å². The second kappa shape index (κ2) is 5.89. The SMILES string of the molecule is O=C(O)c1ccc(NC2CC2)c(S(=O)(=O)NC2CCCC2)c1. The van der Waals surface area contributed by atoms with Gasteiger partial charge in [0.15, 0.2) is 0 Å². The van der Waals surface area contributed by atoms with E-state index < -0.39 is 16.0 Å². The number of aromatic carboxylic acids is 1. The molecule has 2 aliphatic rings. The zero-order valence-electron chi connectivity index (χ0n) is 12.2. The van der Waals surface area contributed by atoms with Gasteiger partial charge >= 0.3 is 5.97 Å². The molecule has 6 nitrogen and oxygen atoms in total. The average molecular weight is 324 g/mol. The van der Waals surface area contributed by atoms with Crippen LogP contribution in [0.25, 0.3) is 0 Å². The molecule has 1 aromatic carbocycles. The van der Waals surface area contributed by atoms with Crippen LogP contribution in [0.15, 0.2) is 23.1 Å². The van der Waals surface area contributed by atoms with Gasteiger partial charge in [-0.2, -0.15) is 0 Å². The number of sulfonamides is 1. The number of benzene rings is 1. The third-order valence-electron chi connectivity index (χ3n) is 4.13. The van der Waals surface area contributed by atoms with Crippen LogP contribution < -0.4 is 10.0 Å². The number of nitrogens with one attached hydrogen (secondary N) is 2. The molecular weight excluding hydrogens is 304 g/mol. The molecule has 0 spiro atoms. The molecule has 0 saturated heterocycles. The number of carboxylic acids is 1. The molecule has 0 bridgehead atoms. The summed E-state index contributed by atoms with van der Waals surface area (Å²) in [6, 6.07) is 4.46. The van der Waals surface area contributed by atoms with Gasteiger partial charge in [0.1, 0.15) is 4.90 Å². The fourth-order valence-electron chi connectivity index (χ4n) is 2.77. The fourth-order valence-corrected chi connectivity index (χ4v) is 4.27. The Morgan fingerprint density at radius 3 is 2.36 bits per heavy atom. The molecule has 0 unspecified atom stereocenters. The Morgan fingerprint density at radius 1 is 1.09 bits per heavy atom. The smallest absolute Gasteiger partial charge is 0.335 e. The quantitative estimate of drug-likeness (QED) is 0.745. The van der Waals surface area contributed by atoms with Crippen LogP contribution in [-0.4, -0.2) is 31.6 Å². The van der Waals surface area contributed by atoms with Crippen LogP contribution in [0.3, 0.4) is 0 Å². The van der Waals surface area contributed by atoms with Crippen molar-refractivity contribution in [3.05, 3.63) is 23.8 Å². The summed E-state index contributed by atoms with van der Waals surface area (Å²) in [6.07, 6.45) is 5.74. The third-order valence-corrected chi connectivity index (χ3v) is 5.69. The topological polar surface area (TPSA) is 95.5 Å². The first-order valence-corrected chi connectivity index (χ1v) is 9.10. The fraction of sp³-hybridized carbons (Fsp3) is 0.533. The molecule has 2 fully saturated rings. The lowest BCUT2D eigenvalue weighted by atomic mass is 10.2. The second-order valence-corrected chi connectivity index (χ2v) is 7.72. The normalized spacial score (nSPS) is 19.3. The van der Waals surface area contributed by atoms with E-state index in [4.69, 9.17) is 5.11 Å². The van der Waals surface area contributed by atoms with Crippen molar-refractivity contribution in [1.29, 1.82) is 0 Å². The minimum absolute atomic E-state index is 0.0202. The number of hydrogen-bond donors (Lipinski definition) is 3. The third kappa shape index (κ3) is 3.41. The molecular formula is C15H20N2O4S. The van der Waals surface area contributed by atoms with Crippen molar-refractivity contribution in [1.82, 2.24) is 4.72 Å². The summed E-state index contributed by atoms with van der Waals surface area (Å²) < 4.78 is 28.0. The lowest BCUT2D eigenvalue weighted by Gasteiger charge is -2.16. The highest BCUT2D eigenvalue weighted by molar-refractivity contribution is 7.89. The molecule has 0 atom stereocenters. The summed E-state index contributed by atoms with van der Waals surface area (Å²) in [5.74, 6) is -1.13. The van der Waals surface area contributed by atoms with Crippen molar-refractivity contribution in [2.75, 3.05) is 5.32 Å². The largest absolute Gasteiger partial charge is 0.478 e. The van der Waals surface area contributed by atoms with Gasteiger partial charge in [-0.25, -0.2) is 17.9 Å². The Kier molecular flexibility index (Phi) is 4.10. The Bertz CT molecular complexity index is 677. The maximum Gasteiger partial charge on any atom is 0.335 e. The Morgan fingerprint density at radius 2 is 1.77 bits per heavy atom. The first kappa shape index (κ1) is 15.3. The van der Waals surface area contributed by atoms with Crippen LogP contribution in [-0.2, 0) is 10.0 Å². The van der Waals surface area contributed by atoms with E-state index in [2.05, 4.69) is 10.0 Å². The Hall–Kier alpha value is -1.60. The van der Waals surface area contributed by atoms with Crippen LogP contribution in [0.1, 0.15) is 48.9 Å². The minimum Gasteiger partial charge on any atom is -0.478 e. The number of hydrogen-bond acceptors (Lipinski definition) is 4. The highest BCUT2D eigenvalue weighted by atomic mass is 32.2. The molecule has 0 heterocycles. The Balaban J connectivity index is 1.93. The van der Waals surface area contributed by atoms with Crippen LogP contribution in [0.5, 0.6) is 0 Å². The molecule has 7 heteroatoms. The minimum atomic E-state index is -3.72. The van der Waals surface area contributed by atoms with E-state index >= 15 is 0 Å². The maximum absolute atomic E-state index is 12.6. The van der Waals surface area contributed by atoms with E-state index in [1.807, 2.05) is 0 Å². The van der Waals surface area contributed by atoms with E-state index in [9.17, 15) is 13.2 Å². The number of anilines is 1. The molecule has 0 aliphatic heterocycles. The average Bonchev–Trinajstić information content (AvgIpc) is 3.13. The molecule has 1 aromatic rings. The monoisotopic (exact) mass is 324 g/mol. The molecule has 2 aliphatic carbocycles. The van der Waals surface area contributed by atoms with Gasteiger partial charge < -0.3 is 10.4 Å². The molecule has 120 valence electrons. The van der Waals surface area contributed by atoms with Gasteiger partial charge in [0.2, 0.25) is 10.0 Å². The van der Waals surface area contributed by atoms with Gasteiger partial charge in [0.05, 0.1) is 11.3 Å². The van der Waals surface area contributed by atoms with E-state index in [0.29, 0.717) is 5.69 Å². The van der Waals surface area contributed by atoms with Crippen LogP contribution >= 0.6 is 0 Å². The molecule has 3 rings (SSSR count). The van der Waals surface area contributed by atoms with Crippen molar-refractivity contribution < 1.29 is 18.3 Å². The molecule has 0 amide bonds. The van der Waals surface area contributed by atoms with Crippen LogP contribution in [0, 0.1) is 0 Å². The van der Waals surface area contributed by atoms with Gasteiger partial charge in [0.25, 0.3) is 0 Å².